The van der Waals surface area contributed by atoms with Crippen molar-refractivity contribution in [3.8, 4) is 0 Å². The average molecular weight is 362 g/mol. The second-order valence-electron chi connectivity index (χ2n) is 7.78. The minimum absolute atomic E-state index is 0.131. The van der Waals surface area contributed by atoms with Crippen LogP contribution in [0.25, 0.3) is 0 Å². The van der Waals surface area contributed by atoms with Crippen LogP contribution in [0.2, 0.25) is 0 Å². The van der Waals surface area contributed by atoms with Crippen LogP contribution in [0, 0.1) is 17.3 Å². The molecule has 0 aromatic heterocycles. The molecule has 0 aromatic carbocycles. The quantitative estimate of drug-likeness (QED) is 0.487. The van der Waals surface area contributed by atoms with Crippen LogP contribution in [0.4, 0.5) is 0 Å². The maximum absolute atomic E-state index is 12.0. The van der Waals surface area contributed by atoms with Gasteiger partial charge in [-0.3, -0.25) is 4.79 Å². The second-order valence-corrected chi connectivity index (χ2v) is 7.78. The Morgan fingerprint density at radius 3 is 2.54 bits per heavy atom. The molecule has 0 unspecified atom stereocenters. The first-order valence-electron chi connectivity index (χ1n) is 9.34. The van der Waals surface area contributed by atoms with Crippen molar-refractivity contribution < 1.29 is 28.6 Å². The molecule has 142 valence electrons. The van der Waals surface area contributed by atoms with Crippen LogP contribution in [0.5, 0.6) is 0 Å². The molecule has 2 fully saturated rings. The Morgan fingerprint density at radius 2 is 1.77 bits per heavy atom. The van der Waals surface area contributed by atoms with Gasteiger partial charge in [0.05, 0.1) is 13.2 Å². The number of ether oxygens (including phenoxy) is 3. The van der Waals surface area contributed by atoms with E-state index < -0.39 is 11.9 Å². The number of rotatable bonds is 0. The third-order valence-corrected chi connectivity index (χ3v) is 5.68. The highest BCUT2D eigenvalue weighted by molar-refractivity contribution is 5.84. The number of allylic oxidation sites excluding steroid dienone is 2. The van der Waals surface area contributed by atoms with Crippen molar-refractivity contribution in [2.45, 2.75) is 51.6 Å². The Kier molecular flexibility index (Phi) is 5.79. The molecule has 3 rings (SSSR count). The number of esters is 3. The molecule has 0 spiro atoms. The van der Waals surface area contributed by atoms with Gasteiger partial charge in [0.2, 0.25) is 0 Å². The number of cyclic esters (lactones) is 2. The van der Waals surface area contributed by atoms with Crippen LogP contribution in [0.3, 0.4) is 0 Å². The molecule has 26 heavy (non-hydrogen) atoms. The third kappa shape index (κ3) is 4.54. The first kappa shape index (κ1) is 18.7. The monoisotopic (exact) mass is 362 g/mol. The van der Waals surface area contributed by atoms with E-state index in [0.717, 1.165) is 19.3 Å². The molecular formula is C20H26O6. The average Bonchev–Trinajstić information content (AvgIpc) is 3.13. The van der Waals surface area contributed by atoms with Crippen LogP contribution in [0.1, 0.15) is 45.4 Å². The molecule has 0 aromatic rings. The zero-order valence-electron chi connectivity index (χ0n) is 15.1. The Labute approximate surface area is 153 Å². The Morgan fingerprint density at radius 1 is 1.00 bits per heavy atom. The van der Waals surface area contributed by atoms with Gasteiger partial charge >= 0.3 is 17.9 Å². The predicted molar refractivity (Wildman–Crippen MR) is 92.9 cm³/mol. The standard InChI is InChI=1S/C20H26O6/c1-20-12-14-10-15(20)16(11-14)26-19(23)8-3-2-6-17(21)24-9-5-4-7-18(22)25-13-20/h2-3,6,8,14-16H,4-5,7,9-13H2,1H3/b6-2+,8-3-/t14-,15+,16+,20-/m0/s1. The topological polar surface area (TPSA) is 78.9 Å². The van der Waals surface area contributed by atoms with Crippen LogP contribution in [-0.2, 0) is 28.6 Å². The zero-order valence-corrected chi connectivity index (χ0v) is 15.1. The van der Waals surface area contributed by atoms with Gasteiger partial charge in [0.25, 0.3) is 0 Å². The van der Waals surface area contributed by atoms with Crippen molar-refractivity contribution in [2.24, 2.45) is 17.3 Å². The summed E-state index contributed by atoms with van der Waals surface area (Å²) in [7, 11) is 0. The first-order chi connectivity index (χ1) is 12.5. The fourth-order valence-corrected chi connectivity index (χ4v) is 4.47. The van der Waals surface area contributed by atoms with E-state index in [1.807, 2.05) is 0 Å². The number of hydrogen-bond acceptors (Lipinski definition) is 6. The van der Waals surface area contributed by atoms with E-state index in [1.165, 1.54) is 24.3 Å². The summed E-state index contributed by atoms with van der Waals surface area (Å²) in [6.07, 6.45) is 9.84. The molecule has 0 saturated heterocycles. The predicted octanol–water partition coefficient (Wildman–Crippen LogP) is 2.72. The molecular weight excluding hydrogens is 336 g/mol. The van der Waals surface area contributed by atoms with E-state index in [9.17, 15) is 14.4 Å². The van der Waals surface area contributed by atoms with Crippen molar-refractivity contribution >= 4 is 17.9 Å². The summed E-state index contributed by atoms with van der Waals surface area (Å²) in [5, 5.41) is 0. The summed E-state index contributed by atoms with van der Waals surface area (Å²) in [6.45, 7) is 2.75. The highest BCUT2D eigenvalue weighted by Gasteiger charge is 2.55. The number of hydrogen-bond donors (Lipinski definition) is 0. The lowest BCUT2D eigenvalue weighted by molar-refractivity contribution is -0.156. The molecule has 0 amide bonds. The highest BCUT2D eigenvalue weighted by atomic mass is 16.5. The Bertz CT molecular complexity index is 622. The highest BCUT2D eigenvalue weighted by Crippen LogP contribution is 2.56. The molecule has 2 aliphatic carbocycles. The van der Waals surface area contributed by atoms with Crippen molar-refractivity contribution in [3.05, 3.63) is 24.3 Å². The summed E-state index contributed by atoms with van der Waals surface area (Å²) in [5.74, 6) is -0.373. The van der Waals surface area contributed by atoms with Gasteiger partial charge in [-0.05, 0) is 38.0 Å². The molecule has 3 aliphatic rings. The molecule has 0 N–H and O–H groups in total. The largest absolute Gasteiger partial charge is 0.465 e. The molecule has 6 heteroatoms. The van der Waals surface area contributed by atoms with E-state index in [2.05, 4.69) is 6.92 Å². The van der Waals surface area contributed by atoms with Crippen LogP contribution in [0.15, 0.2) is 24.3 Å². The Balaban J connectivity index is 1.68. The van der Waals surface area contributed by atoms with Crippen molar-refractivity contribution in [2.75, 3.05) is 13.2 Å². The summed E-state index contributed by atoms with van der Waals surface area (Å²) >= 11 is 0. The molecule has 1 aliphatic heterocycles. The molecule has 2 saturated carbocycles. The van der Waals surface area contributed by atoms with Crippen LogP contribution in [-0.4, -0.2) is 37.2 Å². The summed E-state index contributed by atoms with van der Waals surface area (Å²) < 4.78 is 16.2. The summed E-state index contributed by atoms with van der Waals surface area (Å²) in [4.78, 5) is 35.5. The lowest BCUT2D eigenvalue weighted by atomic mass is 9.74. The smallest absolute Gasteiger partial charge is 0.331 e. The number of carbonyl (C=O) groups excluding carboxylic acids is 3. The SMILES string of the molecule is C[C@]12COC(=O)CCCCOC(=O)/C=C/C=C\C(=O)O[C@@H]3C[C@H](C[C@H]31)C2. The van der Waals surface area contributed by atoms with Crippen molar-refractivity contribution in [1.82, 2.24) is 0 Å². The minimum atomic E-state index is -0.476. The van der Waals surface area contributed by atoms with Gasteiger partial charge in [0.1, 0.15) is 6.10 Å². The van der Waals surface area contributed by atoms with E-state index >= 15 is 0 Å². The van der Waals surface area contributed by atoms with Gasteiger partial charge in [-0.1, -0.05) is 19.1 Å². The third-order valence-electron chi connectivity index (χ3n) is 5.68. The maximum atomic E-state index is 12.0. The number of carbonyl (C=O) groups is 3. The zero-order chi connectivity index (χ0) is 18.6. The molecule has 6 nitrogen and oxygen atoms in total. The number of fused-ring (bicyclic) bond motifs is 1. The van der Waals surface area contributed by atoms with Gasteiger partial charge in [0.15, 0.2) is 0 Å². The van der Waals surface area contributed by atoms with Gasteiger partial charge < -0.3 is 14.2 Å². The molecule has 4 atom stereocenters. The van der Waals surface area contributed by atoms with E-state index in [-0.39, 0.29) is 30.0 Å². The normalized spacial score (nSPS) is 38.5. The van der Waals surface area contributed by atoms with Crippen LogP contribution >= 0.6 is 0 Å². The fourth-order valence-electron chi connectivity index (χ4n) is 4.47. The lowest BCUT2D eigenvalue weighted by Gasteiger charge is -2.37. The summed E-state index contributed by atoms with van der Waals surface area (Å²) in [5.41, 5.74) is -0.131. The fraction of sp³-hybridized carbons (Fsp3) is 0.650. The van der Waals surface area contributed by atoms with Gasteiger partial charge in [-0.15, -0.1) is 0 Å². The Hall–Kier alpha value is -2.11. The second kappa shape index (κ2) is 8.06. The minimum Gasteiger partial charge on any atom is -0.465 e. The van der Waals surface area contributed by atoms with Crippen LogP contribution < -0.4 is 0 Å². The van der Waals surface area contributed by atoms with Gasteiger partial charge in [-0.2, -0.15) is 0 Å². The van der Waals surface area contributed by atoms with E-state index in [1.54, 1.807) is 0 Å². The lowest BCUT2D eigenvalue weighted by Crippen LogP contribution is -2.39. The molecule has 1 heterocycles. The van der Waals surface area contributed by atoms with E-state index in [4.69, 9.17) is 14.2 Å². The first-order valence-corrected chi connectivity index (χ1v) is 9.34. The van der Waals surface area contributed by atoms with Gasteiger partial charge in [0, 0.05) is 29.9 Å². The molecule has 0 radical (unpaired) electrons. The maximum Gasteiger partial charge on any atom is 0.331 e. The van der Waals surface area contributed by atoms with Crippen molar-refractivity contribution in [1.29, 1.82) is 0 Å². The molecule has 2 bridgehead atoms. The van der Waals surface area contributed by atoms with Crippen molar-refractivity contribution in [3.63, 3.8) is 0 Å². The van der Waals surface area contributed by atoms with E-state index in [0.29, 0.717) is 31.8 Å². The van der Waals surface area contributed by atoms with Gasteiger partial charge in [-0.25, -0.2) is 9.59 Å². The summed E-state index contributed by atoms with van der Waals surface area (Å²) in [6, 6.07) is 0.